The Hall–Kier alpha value is -0.850. The molecule has 6 nitrogen and oxygen atoms in total. The highest BCUT2D eigenvalue weighted by Crippen LogP contribution is 2.06. The molecule has 1 heterocycles. The molecule has 0 unspecified atom stereocenters. The van der Waals surface area contributed by atoms with Gasteiger partial charge in [-0.25, -0.2) is 4.79 Å². The average molecular weight is 251 g/mol. The number of likely N-dealkylation sites (tertiary alicyclic amines) is 1. The number of carbonyl (C=O) groups is 2. The van der Waals surface area contributed by atoms with Gasteiger partial charge in [-0.3, -0.25) is 10.1 Å². The smallest absolute Gasteiger partial charge is 0.321 e. The highest BCUT2D eigenvalue weighted by molar-refractivity contribution is 5.94. The Balaban J connectivity index is 0.00000225. The van der Waals surface area contributed by atoms with Gasteiger partial charge < -0.3 is 16.0 Å². The lowest BCUT2D eigenvalue weighted by atomic mass is 10.3. The lowest BCUT2D eigenvalue weighted by molar-refractivity contribution is -0.120. The molecular formula is C9H19ClN4O2. The zero-order valence-electron chi connectivity index (χ0n) is 9.36. The van der Waals surface area contributed by atoms with Gasteiger partial charge in [-0.05, 0) is 13.0 Å². The summed E-state index contributed by atoms with van der Waals surface area (Å²) in [6.07, 6.45) is 1.32. The summed E-state index contributed by atoms with van der Waals surface area (Å²) in [5, 5.41) is 4.54. The molecular weight excluding hydrogens is 232 g/mol. The number of nitrogens with one attached hydrogen (secondary N) is 2. The second-order valence-corrected chi connectivity index (χ2v) is 3.73. The molecule has 0 spiro atoms. The Morgan fingerprint density at radius 3 is 2.69 bits per heavy atom. The second-order valence-electron chi connectivity index (χ2n) is 3.73. The highest BCUT2D eigenvalue weighted by Gasteiger charge is 2.19. The van der Waals surface area contributed by atoms with E-state index in [0.29, 0.717) is 13.0 Å². The predicted octanol–water partition coefficient (Wildman–Crippen LogP) is -0.713. The molecule has 1 rings (SSSR count). The monoisotopic (exact) mass is 250 g/mol. The van der Waals surface area contributed by atoms with E-state index < -0.39 is 6.03 Å². The van der Waals surface area contributed by atoms with Gasteiger partial charge in [0.1, 0.15) is 0 Å². The van der Waals surface area contributed by atoms with Crippen LogP contribution in [0.1, 0.15) is 12.8 Å². The zero-order chi connectivity index (χ0) is 11.3. The van der Waals surface area contributed by atoms with E-state index in [0.717, 1.165) is 19.5 Å². The van der Waals surface area contributed by atoms with Crippen LogP contribution in [0, 0.1) is 0 Å². The van der Waals surface area contributed by atoms with Crippen LogP contribution in [0.15, 0.2) is 0 Å². The average Bonchev–Trinajstić information content (AvgIpc) is 2.61. The summed E-state index contributed by atoms with van der Waals surface area (Å²) in [6, 6.07) is -0.231. The second kappa shape index (κ2) is 7.43. The summed E-state index contributed by atoms with van der Waals surface area (Å²) in [4.78, 5) is 24.1. The Morgan fingerprint density at radius 2 is 2.19 bits per heavy atom. The molecule has 1 aliphatic heterocycles. The first kappa shape index (κ1) is 15.2. The van der Waals surface area contributed by atoms with Crippen molar-refractivity contribution in [1.82, 2.24) is 15.5 Å². The molecule has 1 fully saturated rings. The van der Waals surface area contributed by atoms with E-state index in [2.05, 4.69) is 15.5 Å². The maximum absolute atomic E-state index is 11.2. The van der Waals surface area contributed by atoms with Crippen LogP contribution in [0.5, 0.6) is 0 Å². The van der Waals surface area contributed by atoms with Crippen molar-refractivity contribution in [3.63, 3.8) is 0 Å². The molecule has 1 aliphatic rings. The molecule has 0 saturated carbocycles. The predicted molar refractivity (Wildman–Crippen MR) is 63.5 cm³/mol. The molecule has 0 aliphatic carbocycles. The third-order valence-corrected chi connectivity index (χ3v) is 2.44. The van der Waals surface area contributed by atoms with Crippen molar-refractivity contribution in [2.75, 3.05) is 26.7 Å². The lowest BCUT2D eigenvalue weighted by Crippen LogP contribution is -2.39. The number of carbonyl (C=O) groups excluding carboxylic acids is 2. The summed E-state index contributed by atoms with van der Waals surface area (Å²) >= 11 is 0. The largest absolute Gasteiger partial charge is 0.341 e. The van der Waals surface area contributed by atoms with Crippen molar-refractivity contribution in [3.05, 3.63) is 0 Å². The third-order valence-electron chi connectivity index (χ3n) is 2.44. The number of imide groups is 1. The van der Waals surface area contributed by atoms with E-state index in [4.69, 9.17) is 5.73 Å². The molecule has 4 N–H and O–H groups in total. The number of hydrogen-bond donors (Lipinski definition) is 3. The Kier molecular flexibility index (Phi) is 7.03. The van der Waals surface area contributed by atoms with Crippen LogP contribution in [-0.2, 0) is 4.79 Å². The molecule has 7 heteroatoms. The number of halogens is 1. The fraction of sp³-hybridized carbons (Fsp3) is 0.778. The van der Waals surface area contributed by atoms with Crippen LogP contribution < -0.4 is 16.4 Å². The highest BCUT2D eigenvalue weighted by atomic mass is 35.5. The molecule has 94 valence electrons. The van der Waals surface area contributed by atoms with Crippen molar-refractivity contribution in [2.24, 2.45) is 5.73 Å². The molecule has 0 radical (unpaired) electrons. The summed E-state index contributed by atoms with van der Waals surface area (Å²) in [6.45, 7) is 2.44. The fourth-order valence-electron chi connectivity index (χ4n) is 1.58. The van der Waals surface area contributed by atoms with Crippen molar-refractivity contribution in [3.8, 4) is 0 Å². The normalized spacial score (nSPS) is 20.0. The van der Waals surface area contributed by atoms with Crippen molar-refractivity contribution in [1.29, 1.82) is 0 Å². The fourth-order valence-corrected chi connectivity index (χ4v) is 1.58. The Morgan fingerprint density at radius 1 is 1.50 bits per heavy atom. The van der Waals surface area contributed by atoms with Crippen LogP contribution in [0.4, 0.5) is 4.79 Å². The van der Waals surface area contributed by atoms with Gasteiger partial charge in [-0.15, -0.1) is 12.4 Å². The van der Waals surface area contributed by atoms with E-state index >= 15 is 0 Å². The number of rotatable bonds is 3. The summed E-state index contributed by atoms with van der Waals surface area (Å²) in [7, 11) is 1.47. The van der Waals surface area contributed by atoms with Crippen LogP contribution in [-0.4, -0.2) is 49.6 Å². The Bertz CT molecular complexity index is 250. The van der Waals surface area contributed by atoms with Gasteiger partial charge in [-0.2, -0.15) is 0 Å². The number of urea groups is 1. The maximum Gasteiger partial charge on any atom is 0.321 e. The van der Waals surface area contributed by atoms with Crippen LogP contribution >= 0.6 is 12.4 Å². The minimum absolute atomic E-state index is 0. The first-order valence-corrected chi connectivity index (χ1v) is 5.11. The van der Waals surface area contributed by atoms with Gasteiger partial charge in [0.15, 0.2) is 0 Å². The number of amides is 3. The van der Waals surface area contributed by atoms with Gasteiger partial charge in [-0.1, -0.05) is 0 Å². The SMILES string of the molecule is CNC(=O)NC(=O)CCN1CC[C@H](N)C1.Cl. The zero-order valence-corrected chi connectivity index (χ0v) is 10.2. The van der Waals surface area contributed by atoms with Crippen LogP contribution in [0.2, 0.25) is 0 Å². The van der Waals surface area contributed by atoms with Crippen molar-refractivity contribution in [2.45, 2.75) is 18.9 Å². The van der Waals surface area contributed by atoms with Gasteiger partial charge in [0.05, 0.1) is 0 Å². The van der Waals surface area contributed by atoms with Crippen molar-refractivity contribution >= 4 is 24.3 Å². The van der Waals surface area contributed by atoms with Crippen LogP contribution in [0.3, 0.4) is 0 Å². The molecule has 0 aromatic carbocycles. The van der Waals surface area contributed by atoms with Gasteiger partial charge >= 0.3 is 6.03 Å². The molecule has 0 bridgehead atoms. The van der Waals surface area contributed by atoms with Gasteiger partial charge in [0.25, 0.3) is 0 Å². The van der Waals surface area contributed by atoms with Gasteiger partial charge in [0.2, 0.25) is 5.91 Å². The summed E-state index contributed by atoms with van der Waals surface area (Å²) in [5.74, 6) is -0.255. The molecule has 1 saturated heterocycles. The summed E-state index contributed by atoms with van der Waals surface area (Å²) < 4.78 is 0. The molecule has 3 amide bonds. The first-order chi connectivity index (χ1) is 7.11. The summed E-state index contributed by atoms with van der Waals surface area (Å²) in [5.41, 5.74) is 5.73. The van der Waals surface area contributed by atoms with Crippen molar-refractivity contribution < 1.29 is 9.59 Å². The third kappa shape index (κ3) is 5.29. The minimum atomic E-state index is -0.460. The molecule has 16 heavy (non-hydrogen) atoms. The minimum Gasteiger partial charge on any atom is -0.341 e. The number of hydrogen-bond acceptors (Lipinski definition) is 4. The van der Waals surface area contributed by atoms with E-state index in [1.54, 1.807) is 0 Å². The number of nitrogens with zero attached hydrogens (tertiary/aromatic N) is 1. The quantitative estimate of drug-likeness (QED) is 0.617. The first-order valence-electron chi connectivity index (χ1n) is 5.11. The standard InChI is InChI=1S/C9H18N4O2.ClH/c1-11-9(15)12-8(14)3-5-13-4-2-7(10)6-13;/h7H,2-6,10H2,1H3,(H2,11,12,14,15);1H/t7-;/m0./s1. The lowest BCUT2D eigenvalue weighted by Gasteiger charge is -2.14. The van der Waals surface area contributed by atoms with Gasteiger partial charge in [0, 0.05) is 32.6 Å². The van der Waals surface area contributed by atoms with E-state index in [1.165, 1.54) is 7.05 Å². The van der Waals surface area contributed by atoms with E-state index in [9.17, 15) is 9.59 Å². The maximum atomic E-state index is 11.2. The molecule has 1 atom stereocenters. The van der Waals surface area contributed by atoms with Crippen LogP contribution in [0.25, 0.3) is 0 Å². The van der Waals surface area contributed by atoms with E-state index in [-0.39, 0.29) is 24.4 Å². The van der Waals surface area contributed by atoms with E-state index in [1.807, 2.05) is 0 Å². The Labute approximate surface area is 101 Å². The topological polar surface area (TPSA) is 87.5 Å². The number of nitrogens with two attached hydrogens (primary N) is 1. The molecule has 0 aromatic heterocycles. The molecule has 0 aromatic rings.